The molecule has 1 aliphatic heterocycles. The Hall–Kier alpha value is -1.72. The van der Waals surface area contributed by atoms with Gasteiger partial charge in [0.1, 0.15) is 0 Å². The molecule has 0 bridgehead atoms. The van der Waals surface area contributed by atoms with Crippen molar-refractivity contribution in [1.82, 2.24) is 20.4 Å². The molecule has 5 nitrogen and oxygen atoms in total. The van der Waals surface area contributed by atoms with E-state index in [0.29, 0.717) is 17.8 Å². The first kappa shape index (κ1) is 13.3. The Morgan fingerprint density at radius 3 is 2.85 bits per heavy atom. The van der Waals surface area contributed by atoms with Gasteiger partial charge in [-0.15, -0.1) is 10.2 Å². The first-order valence-electron chi connectivity index (χ1n) is 7.06. The molecule has 0 radical (unpaired) electrons. The van der Waals surface area contributed by atoms with Gasteiger partial charge in [-0.2, -0.15) is 0 Å². The predicted octanol–water partition coefficient (Wildman–Crippen LogP) is 1.84. The minimum Gasteiger partial charge on any atom is -0.419 e. The minimum atomic E-state index is 0.517. The molecule has 0 unspecified atom stereocenters. The van der Waals surface area contributed by atoms with Crippen LogP contribution in [-0.2, 0) is 6.54 Å². The highest BCUT2D eigenvalue weighted by Crippen LogP contribution is 2.19. The molecule has 106 valence electrons. The summed E-state index contributed by atoms with van der Waals surface area (Å²) in [5.74, 6) is 1.29. The first-order valence-corrected chi connectivity index (χ1v) is 7.06. The molecule has 1 fully saturated rings. The van der Waals surface area contributed by atoms with Crippen molar-refractivity contribution in [2.45, 2.75) is 26.4 Å². The van der Waals surface area contributed by atoms with Crippen LogP contribution in [0.25, 0.3) is 11.5 Å². The summed E-state index contributed by atoms with van der Waals surface area (Å²) in [6, 6.07) is 8.65. The molecular formula is C15H20N4O. The van der Waals surface area contributed by atoms with Crippen molar-refractivity contribution in [3.8, 4) is 11.5 Å². The molecule has 0 amide bonds. The molecule has 1 saturated heterocycles. The Morgan fingerprint density at radius 1 is 1.30 bits per heavy atom. The van der Waals surface area contributed by atoms with Crippen LogP contribution in [0.4, 0.5) is 0 Å². The molecule has 20 heavy (non-hydrogen) atoms. The number of aryl methyl sites for hydroxylation is 1. The highest BCUT2D eigenvalue weighted by molar-refractivity contribution is 5.52. The SMILES string of the molecule is Cc1ccc(-c2nnc(CN3CCN[C@H](C)C3)o2)cc1. The molecule has 1 atom stereocenters. The Kier molecular flexibility index (Phi) is 3.80. The molecule has 0 saturated carbocycles. The van der Waals surface area contributed by atoms with Crippen molar-refractivity contribution in [2.75, 3.05) is 19.6 Å². The van der Waals surface area contributed by atoms with Crippen LogP contribution in [0.15, 0.2) is 28.7 Å². The van der Waals surface area contributed by atoms with Crippen LogP contribution in [0.2, 0.25) is 0 Å². The van der Waals surface area contributed by atoms with Crippen LogP contribution in [-0.4, -0.2) is 40.8 Å². The van der Waals surface area contributed by atoms with E-state index in [1.54, 1.807) is 0 Å². The van der Waals surface area contributed by atoms with Crippen molar-refractivity contribution in [3.05, 3.63) is 35.7 Å². The lowest BCUT2D eigenvalue weighted by Crippen LogP contribution is -2.48. The molecule has 2 heterocycles. The normalized spacial score (nSPS) is 20.2. The van der Waals surface area contributed by atoms with Crippen molar-refractivity contribution >= 4 is 0 Å². The summed E-state index contributed by atoms with van der Waals surface area (Å²) in [5, 5.41) is 11.7. The summed E-state index contributed by atoms with van der Waals surface area (Å²) >= 11 is 0. The van der Waals surface area contributed by atoms with Crippen molar-refractivity contribution in [1.29, 1.82) is 0 Å². The van der Waals surface area contributed by atoms with E-state index in [1.807, 2.05) is 12.1 Å². The van der Waals surface area contributed by atoms with Gasteiger partial charge in [0.15, 0.2) is 0 Å². The largest absolute Gasteiger partial charge is 0.419 e. The zero-order valence-electron chi connectivity index (χ0n) is 12.0. The standard InChI is InChI=1S/C15H20N4O/c1-11-3-5-13(6-4-11)15-18-17-14(20-15)10-19-8-7-16-12(2)9-19/h3-6,12,16H,7-10H2,1-2H3/t12-/m1/s1. The van der Waals surface area contributed by atoms with Crippen LogP contribution in [0, 0.1) is 6.92 Å². The molecule has 5 heteroatoms. The highest BCUT2D eigenvalue weighted by atomic mass is 16.4. The summed E-state index contributed by atoms with van der Waals surface area (Å²) in [6.07, 6.45) is 0. The van der Waals surface area contributed by atoms with Crippen molar-refractivity contribution in [2.24, 2.45) is 0 Å². The van der Waals surface area contributed by atoms with Gasteiger partial charge in [0.2, 0.25) is 11.8 Å². The Balaban J connectivity index is 1.69. The van der Waals surface area contributed by atoms with Crippen LogP contribution < -0.4 is 5.32 Å². The van der Waals surface area contributed by atoms with E-state index in [-0.39, 0.29) is 0 Å². The Bertz CT molecular complexity index is 564. The number of nitrogens with one attached hydrogen (secondary N) is 1. The molecular weight excluding hydrogens is 252 g/mol. The molecule has 2 aromatic rings. The van der Waals surface area contributed by atoms with Gasteiger partial charge >= 0.3 is 0 Å². The molecule has 1 aliphatic rings. The first-order chi connectivity index (χ1) is 9.70. The second-order valence-electron chi connectivity index (χ2n) is 5.46. The molecule has 3 rings (SSSR count). The van der Waals surface area contributed by atoms with Crippen LogP contribution in [0.5, 0.6) is 0 Å². The van der Waals surface area contributed by atoms with E-state index < -0.39 is 0 Å². The van der Waals surface area contributed by atoms with Gasteiger partial charge < -0.3 is 9.73 Å². The third kappa shape index (κ3) is 3.05. The van der Waals surface area contributed by atoms with Gasteiger partial charge in [-0.1, -0.05) is 17.7 Å². The van der Waals surface area contributed by atoms with E-state index in [9.17, 15) is 0 Å². The maximum Gasteiger partial charge on any atom is 0.247 e. The topological polar surface area (TPSA) is 54.2 Å². The van der Waals surface area contributed by atoms with E-state index in [1.165, 1.54) is 5.56 Å². The van der Waals surface area contributed by atoms with E-state index in [0.717, 1.165) is 31.7 Å². The van der Waals surface area contributed by atoms with E-state index in [4.69, 9.17) is 4.42 Å². The summed E-state index contributed by atoms with van der Waals surface area (Å²) in [4.78, 5) is 2.34. The van der Waals surface area contributed by atoms with Gasteiger partial charge in [0.25, 0.3) is 0 Å². The van der Waals surface area contributed by atoms with Gasteiger partial charge in [0.05, 0.1) is 6.54 Å². The fourth-order valence-corrected chi connectivity index (χ4v) is 2.48. The predicted molar refractivity (Wildman–Crippen MR) is 77.2 cm³/mol. The van der Waals surface area contributed by atoms with Crippen molar-refractivity contribution in [3.63, 3.8) is 0 Å². The Morgan fingerprint density at radius 2 is 2.10 bits per heavy atom. The van der Waals surface area contributed by atoms with Gasteiger partial charge in [-0.25, -0.2) is 0 Å². The number of hydrogen-bond donors (Lipinski definition) is 1. The van der Waals surface area contributed by atoms with Gasteiger partial charge in [-0.05, 0) is 26.0 Å². The monoisotopic (exact) mass is 272 g/mol. The maximum absolute atomic E-state index is 5.76. The average molecular weight is 272 g/mol. The highest BCUT2D eigenvalue weighted by Gasteiger charge is 2.18. The smallest absolute Gasteiger partial charge is 0.247 e. The van der Waals surface area contributed by atoms with Crippen molar-refractivity contribution < 1.29 is 4.42 Å². The molecule has 1 N–H and O–H groups in total. The number of hydrogen-bond acceptors (Lipinski definition) is 5. The number of piperazine rings is 1. The zero-order valence-corrected chi connectivity index (χ0v) is 12.0. The quantitative estimate of drug-likeness (QED) is 0.924. The molecule has 0 aliphatic carbocycles. The van der Waals surface area contributed by atoms with Crippen LogP contribution in [0.3, 0.4) is 0 Å². The van der Waals surface area contributed by atoms with Crippen LogP contribution >= 0.6 is 0 Å². The average Bonchev–Trinajstić information content (AvgIpc) is 2.88. The summed E-state index contributed by atoms with van der Waals surface area (Å²) in [6.45, 7) is 8.03. The lowest BCUT2D eigenvalue weighted by molar-refractivity contribution is 0.184. The lowest BCUT2D eigenvalue weighted by atomic mass is 10.1. The van der Waals surface area contributed by atoms with Gasteiger partial charge in [0, 0.05) is 31.2 Å². The molecule has 1 aromatic heterocycles. The number of aromatic nitrogens is 2. The molecule has 0 spiro atoms. The third-order valence-corrected chi connectivity index (χ3v) is 3.58. The second kappa shape index (κ2) is 5.73. The molecule has 1 aromatic carbocycles. The Labute approximate surface area is 119 Å². The summed E-state index contributed by atoms with van der Waals surface area (Å²) in [7, 11) is 0. The summed E-state index contributed by atoms with van der Waals surface area (Å²) < 4.78 is 5.76. The second-order valence-corrected chi connectivity index (χ2v) is 5.46. The number of rotatable bonds is 3. The van der Waals surface area contributed by atoms with Crippen LogP contribution in [0.1, 0.15) is 18.4 Å². The van der Waals surface area contributed by atoms with E-state index >= 15 is 0 Å². The fourth-order valence-electron chi connectivity index (χ4n) is 2.48. The maximum atomic E-state index is 5.76. The zero-order chi connectivity index (χ0) is 13.9. The number of benzene rings is 1. The van der Waals surface area contributed by atoms with E-state index in [2.05, 4.69) is 46.4 Å². The number of nitrogens with zero attached hydrogens (tertiary/aromatic N) is 3. The summed E-state index contributed by atoms with van der Waals surface area (Å²) in [5.41, 5.74) is 2.20. The third-order valence-electron chi connectivity index (χ3n) is 3.58. The lowest BCUT2D eigenvalue weighted by Gasteiger charge is -2.30. The minimum absolute atomic E-state index is 0.517. The van der Waals surface area contributed by atoms with Gasteiger partial charge in [-0.3, -0.25) is 4.90 Å². The fraction of sp³-hybridized carbons (Fsp3) is 0.467.